The number of ether oxygens (including phenoxy) is 4. The Hall–Kier alpha value is -1.94. The Morgan fingerprint density at radius 1 is 0.267 bits per heavy atom. The molecule has 0 radical (unpaired) electrons. The van der Waals surface area contributed by atoms with Crippen LogP contribution in [0.3, 0.4) is 0 Å². The summed E-state index contributed by atoms with van der Waals surface area (Å²) in [4.78, 5) is 73.1. The minimum absolute atomic E-state index is 0.109. The molecule has 0 aromatic rings. The van der Waals surface area contributed by atoms with Crippen molar-refractivity contribution in [1.82, 2.24) is 0 Å². The third kappa shape index (κ3) is 76.1. The highest BCUT2D eigenvalue weighted by Crippen LogP contribution is 2.45. The van der Waals surface area contributed by atoms with Crippen LogP contribution < -0.4 is 0 Å². The second-order valence-corrected chi connectivity index (χ2v) is 32.9. The number of carbonyl (C=O) groups excluding carboxylic acids is 4. The Balaban J connectivity index is 5.25. The molecular formula is C82H160O17P2. The van der Waals surface area contributed by atoms with Gasteiger partial charge in [0.2, 0.25) is 0 Å². The molecule has 0 aliphatic rings. The first-order valence-corrected chi connectivity index (χ1v) is 45.6. The van der Waals surface area contributed by atoms with Gasteiger partial charge in [-0.15, -0.1) is 0 Å². The Labute approximate surface area is 619 Å². The number of phosphoric ester groups is 2. The van der Waals surface area contributed by atoms with Crippen LogP contribution in [0.2, 0.25) is 0 Å². The van der Waals surface area contributed by atoms with Gasteiger partial charge in [-0.05, 0) is 31.6 Å². The number of unbranched alkanes of at least 4 members (excludes halogenated alkanes) is 54. The van der Waals surface area contributed by atoms with Gasteiger partial charge in [0.05, 0.1) is 26.4 Å². The highest BCUT2D eigenvalue weighted by atomic mass is 31.2. The van der Waals surface area contributed by atoms with Crippen LogP contribution in [0.5, 0.6) is 0 Å². The minimum atomic E-state index is -4.96. The molecule has 0 heterocycles. The van der Waals surface area contributed by atoms with E-state index in [0.717, 1.165) is 95.8 Å². The van der Waals surface area contributed by atoms with E-state index < -0.39 is 97.5 Å². The number of phosphoric acid groups is 2. The van der Waals surface area contributed by atoms with E-state index in [1.807, 2.05) is 0 Å². The quantitative estimate of drug-likeness (QED) is 0.0222. The SMILES string of the molecule is CCCCCCCCCCCCCCCCCCCC(=O)OC[C@H](COP(=O)(O)OC[C@@H](O)COP(=O)(O)OC[C@@H](COC(=O)CCCCCCCCCCCCC)OC(=O)CCCCCCCCCCCCCCCCCC)OC(=O)CCCCCCCCCCCCCCCCC(C)C. The molecule has 0 bridgehead atoms. The summed E-state index contributed by atoms with van der Waals surface area (Å²) in [6.07, 6.45) is 66.4. The van der Waals surface area contributed by atoms with E-state index in [1.165, 1.54) is 263 Å². The second kappa shape index (κ2) is 74.9. The minimum Gasteiger partial charge on any atom is -0.462 e. The van der Waals surface area contributed by atoms with Crippen molar-refractivity contribution < 1.29 is 80.2 Å². The highest BCUT2D eigenvalue weighted by Gasteiger charge is 2.30. The second-order valence-electron chi connectivity index (χ2n) is 30.0. The topological polar surface area (TPSA) is 237 Å². The van der Waals surface area contributed by atoms with Crippen LogP contribution in [-0.4, -0.2) is 96.7 Å². The van der Waals surface area contributed by atoms with Gasteiger partial charge in [0.25, 0.3) is 0 Å². The third-order valence-corrected chi connectivity index (χ3v) is 21.2. The van der Waals surface area contributed by atoms with Crippen LogP contribution >= 0.6 is 15.6 Å². The lowest BCUT2D eigenvalue weighted by molar-refractivity contribution is -0.161. The van der Waals surface area contributed by atoms with E-state index >= 15 is 0 Å². The lowest BCUT2D eigenvalue weighted by atomic mass is 10.0. The first kappa shape index (κ1) is 99.1. The van der Waals surface area contributed by atoms with Crippen molar-refractivity contribution in [2.45, 2.75) is 457 Å². The van der Waals surface area contributed by atoms with Crippen molar-refractivity contribution in [2.75, 3.05) is 39.6 Å². The van der Waals surface area contributed by atoms with Crippen molar-refractivity contribution in [1.29, 1.82) is 0 Å². The number of hydrogen-bond acceptors (Lipinski definition) is 15. The molecular weight excluding hydrogens is 1320 g/mol. The first-order chi connectivity index (χ1) is 49.0. The monoisotopic (exact) mass is 1480 g/mol. The Kier molecular flexibility index (Phi) is 73.5. The molecule has 0 rings (SSSR count). The molecule has 2 unspecified atom stereocenters. The molecule has 17 nitrogen and oxygen atoms in total. The van der Waals surface area contributed by atoms with E-state index in [2.05, 4.69) is 34.6 Å². The van der Waals surface area contributed by atoms with Gasteiger partial charge in [-0.1, -0.05) is 388 Å². The molecule has 5 atom stereocenters. The van der Waals surface area contributed by atoms with E-state index in [4.69, 9.17) is 37.0 Å². The maximum Gasteiger partial charge on any atom is 0.472 e. The fourth-order valence-corrected chi connectivity index (χ4v) is 14.3. The van der Waals surface area contributed by atoms with Crippen LogP contribution in [0.25, 0.3) is 0 Å². The molecule has 0 aliphatic heterocycles. The molecule has 3 N–H and O–H groups in total. The summed E-state index contributed by atoms with van der Waals surface area (Å²) in [5.41, 5.74) is 0. The fraction of sp³-hybridized carbons (Fsp3) is 0.951. The number of esters is 4. The molecule has 101 heavy (non-hydrogen) atoms. The molecule has 0 spiro atoms. The third-order valence-electron chi connectivity index (χ3n) is 19.3. The summed E-state index contributed by atoms with van der Waals surface area (Å²) in [5, 5.41) is 10.7. The van der Waals surface area contributed by atoms with Gasteiger partial charge < -0.3 is 33.8 Å². The Morgan fingerprint density at radius 3 is 0.673 bits per heavy atom. The van der Waals surface area contributed by atoms with E-state index in [-0.39, 0.29) is 25.7 Å². The smallest absolute Gasteiger partial charge is 0.462 e. The van der Waals surface area contributed by atoms with Crippen molar-refractivity contribution in [3.8, 4) is 0 Å². The van der Waals surface area contributed by atoms with Crippen LogP contribution in [0.15, 0.2) is 0 Å². The van der Waals surface area contributed by atoms with Gasteiger partial charge >= 0.3 is 39.5 Å². The number of rotatable bonds is 82. The van der Waals surface area contributed by atoms with E-state index in [0.29, 0.717) is 25.7 Å². The first-order valence-electron chi connectivity index (χ1n) is 42.6. The normalized spacial score (nSPS) is 13.8. The van der Waals surface area contributed by atoms with Crippen LogP contribution in [0.4, 0.5) is 0 Å². The summed E-state index contributed by atoms with van der Waals surface area (Å²) in [6, 6.07) is 0. The van der Waals surface area contributed by atoms with Gasteiger partial charge in [-0.3, -0.25) is 37.3 Å². The maximum atomic E-state index is 13.1. The summed E-state index contributed by atoms with van der Waals surface area (Å²) in [7, 11) is -9.92. The van der Waals surface area contributed by atoms with Crippen molar-refractivity contribution >= 4 is 39.5 Å². The maximum absolute atomic E-state index is 13.1. The van der Waals surface area contributed by atoms with Gasteiger partial charge in [-0.25, -0.2) is 9.13 Å². The van der Waals surface area contributed by atoms with Gasteiger partial charge in [0.1, 0.15) is 19.3 Å². The molecule has 0 aromatic carbocycles. The Bertz CT molecular complexity index is 1930. The fourth-order valence-electron chi connectivity index (χ4n) is 12.8. The van der Waals surface area contributed by atoms with E-state index in [9.17, 15) is 43.2 Å². The molecule has 600 valence electrons. The lowest BCUT2D eigenvalue weighted by Crippen LogP contribution is -2.30. The summed E-state index contributed by atoms with van der Waals surface area (Å²) >= 11 is 0. The van der Waals surface area contributed by atoms with Gasteiger partial charge in [0.15, 0.2) is 12.2 Å². The zero-order valence-corrected chi connectivity index (χ0v) is 67.8. The predicted octanol–water partition coefficient (Wildman–Crippen LogP) is 24.8. The average Bonchev–Trinajstić information content (AvgIpc) is 0.939. The zero-order valence-electron chi connectivity index (χ0n) is 66.1. The zero-order chi connectivity index (χ0) is 74.1. The van der Waals surface area contributed by atoms with Gasteiger partial charge in [-0.2, -0.15) is 0 Å². The summed E-state index contributed by atoms with van der Waals surface area (Å²) in [6.45, 7) is 7.37. The largest absolute Gasteiger partial charge is 0.472 e. The molecule has 0 amide bonds. The molecule has 0 saturated heterocycles. The van der Waals surface area contributed by atoms with Crippen molar-refractivity contribution in [3.63, 3.8) is 0 Å². The number of aliphatic hydroxyl groups excluding tert-OH is 1. The molecule has 0 aliphatic carbocycles. The number of carbonyl (C=O) groups is 4. The van der Waals surface area contributed by atoms with Crippen LogP contribution in [-0.2, 0) is 65.4 Å². The van der Waals surface area contributed by atoms with E-state index in [1.54, 1.807) is 0 Å². The summed E-state index contributed by atoms with van der Waals surface area (Å²) in [5.74, 6) is -1.31. The highest BCUT2D eigenvalue weighted by molar-refractivity contribution is 7.47. The van der Waals surface area contributed by atoms with Gasteiger partial charge in [0, 0.05) is 25.7 Å². The molecule has 19 heteroatoms. The van der Waals surface area contributed by atoms with Crippen LogP contribution in [0, 0.1) is 5.92 Å². The van der Waals surface area contributed by atoms with Crippen molar-refractivity contribution in [3.05, 3.63) is 0 Å². The number of aliphatic hydroxyl groups is 1. The standard InChI is InChI=1S/C82H160O17P2/c1-6-9-12-15-18-21-24-26-28-30-32-36-41-46-51-56-61-66-80(85)93-72-78(99-82(87)68-63-58-53-48-43-38-34-33-35-40-44-49-54-59-64-75(4)5)74-97-101(90,91)95-70-76(83)69-94-100(88,89)96-73-77(71-92-79(84)65-60-55-50-45-39-23-20-17-14-11-8-3)98-81(86)67-62-57-52-47-42-37-31-29-27-25-22-19-16-13-10-7-2/h75-78,83H,6-74H2,1-5H3,(H,88,89)(H,90,91)/t76-,77+,78+/m0/s1. The Morgan fingerprint density at radius 2 is 0.455 bits per heavy atom. The van der Waals surface area contributed by atoms with Crippen LogP contribution in [0.1, 0.15) is 439 Å². The molecule has 0 fully saturated rings. The lowest BCUT2D eigenvalue weighted by Gasteiger charge is -2.21. The predicted molar refractivity (Wildman–Crippen MR) is 414 cm³/mol. The molecule has 0 aromatic heterocycles. The number of hydrogen-bond donors (Lipinski definition) is 3. The average molecular weight is 1480 g/mol. The molecule has 0 saturated carbocycles. The summed E-state index contributed by atoms with van der Waals surface area (Å²) < 4.78 is 68.8. The van der Waals surface area contributed by atoms with Crippen molar-refractivity contribution in [2.24, 2.45) is 5.92 Å².